The van der Waals surface area contributed by atoms with Gasteiger partial charge in [-0.25, -0.2) is 0 Å². The summed E-state index contributed by atoms with van der Waals surface area (Å²) >= 11 is 0. The van der Waals surface area contributed by atoms with E-state index >= 15 is 0 Å². The molecule has 0 bridgehead atoms. The van der Waals surface area contributed by atoms with Gasteiger partial charge in [-0.3, -0.25) is 19.3 Å². The third kappa shape index (κ3) is 3.57. The summed E-state index contributed by atoms with van der Waals surface area (Å²) < 4.78 is 0. The Morgan fingerprint density at radius 1 is 0.893 bits per heavy atom. The molecule has 2 aromatic rings. The van der Waals surface area contributed by atoms with Crippen LogP contribution in [0.4, 0.5) is 5.69 Å². The average Bonchev–Trinajstić information content (AvgIpc) is 2.98. The molecule has 1 aliphatic carbocycles. The van der Waals surface area contributed by atoms with Crippen LogP contribution in [0.5, 0.6) is 0 Å². The molecule has 0 unspecified atom stereocenters. The number of hydrogen-bond donors (Lipinski definition) is 1. The fraction of sp³-hybridized carbons (Fsp3) is 0.348. The van der Waals surface area contributed by atoms with Gasteiger partial charge in [0.25, 0.3) is 0 Å². The van der Waals surface area contributed by atoms with Crippen LogP contribution in [0.3, 0.4) is 0 Å². The third-order valence-corrected chi connectivity index (χ3v) is 5.78. The molecule has 1 aliphatic heterocycles. The van der Waals surface area contributed by atoms with Crippen LogP contribution in [0.2, 0.25) is 0 Å². The number of carbonyl (C=O) groups excluding carboxylic acids is 3. The summed E-state index contributed by atoms with van der Waals surface area (Å²) in [5.74, 6) is -0.704. The molecule has 1 N–H and O–H groups in total. The number of likely N-dealkylation sites (tertiary alicyclic amines) is 1. The third-order valence-electron chi connectivity index (χ3n) is 5.78. The molecule has 1 saturated heterocycles. The summed E-state index contributed by atoms with van der Waals surface area (Å²) in [4.78, 5) is 38.9. The van der Waals surface area contributed by atoms with Crippen LogP contribution >= 0.6 is 0 Å². The van der Waals surface area contributed by atoms with Gasteiger partial charge in [0.1, 0.15) is 0 Å². The summed E-state index contributed by atoms with van der Waals surface area (Å²) in [7, 11) is 0. The zero-order chi connectivity index (χ0) is 19.5. The quantitative estimate of drug-likeness (QED) is 0.806. The van der Waals surface area contributed by atoms with Crippen LogP contribution in [0.1, 0.15) is 32.1 Å². The molecule has 0 radical (unpaired) electrons. The van der Waals surface area contributed by atoms with Gasteiger partial charge < -0.3 is 5.32 Å². The van der Waals surface area contributed by atoms with Crippen molar-refractivity contribution in [1.29, 1.82) is 0 Å². The van der Waals surface area contributed by atoms with Gasteiger partial charge in [-0.1, -0.05) is 61.4 Å². The number of hydrogen-bond acceptors (Lipinski definition) is 3. The lowest BCUT2D eigenvalue weighted by molar-refractivity contribution is -0.140. The van der Waals surface area contributed by atoms with E-state index < -0.39 is 0 Å². The molecule has 1 heterocycles. The van der Waals surface area contributed by atoms with Crippen LogP contribution in [-0.4, -0.2) is 29.2 Å². The van der Waals surface area contributed by atoms with Gasteiger partial charge >= 0.3 is 0 Å². The highest BCUT2D eigenvalue weighted by molar-refractivity contribution is 6.05. The van der Waals surface area contributed by atoms with Crippen LogP contribution in [0, 0.1) is 11.8 Å². The van der Waals surface area contributed by atoms with Gasteiger partial charge in [0.05, 0.1) is 11.8 Å². The van der Waals surface area contributed by atoms with Gasteiger partial charge in [-0.15, -0.1) is 0 Å². The fourth-order valence-corrected chi connectivity index (χ4v) is 4.34. The predicted molar refractivity (Wildman–Crippen MR) is 107 cm³/mol. The summed E-state index contributed by atoms with van der Waals surface area (Å²) in [6.07, 6.45) is 3.71. The van der Waals surface area contributed by atoms with Crippen molar-refractivity contribution in [1.82, 2.24) is 4.90 Å². The molecule has 5 nitrogen and oxygen atoms in total. The van der Waals surface area contributed by atoms with E-state index in [1.54, 1.807) is 0 Å². The van der Waals surface area contributed by atoms with E-state index in [-0.39, 0.29) is 42.5 Å². The van der Waals surface area contributed by atoms with Gasteiger partial charge in [-0.05, 0) is 24.5 Å². The van der Waals surface area contributed by atoms with Crippen LogP contribution in [0.15, 0.2) is 54.6 Å². The first-order valence-electron chi connectivity index (χ1n) is 9.94. The van der Waals surface area contributed by atoms with Crippen molar-refractivity contribution in [2.75, 3.05) is 11.9 Å². The lowest BCUT2D eigenvalue weighted by atomic mass is 9.81. The van der Waals surface area contributed by atoms with Crippen molar-refractivity contribution in [3.63, 3.8) is 0 Å². The van der Waals surface area contributed by atoms with Crippen molar-refractivity contribution in [3.05, 3.63) is 54.6 Å². The van der Waals surface area contributed by atoms with Crippen LogP contribution < -0.4 is 5.32 Å². The number of amides is 3. The number of rotatable bonds is 5. The second-order valence-corrected chi connectivity index (χ2v) is 7.54. The first-order chi connectivity index (χ1) is 13.6. The standard InChI is InChI=1S/C23H24N2O3/c26-21(14-15-25-22(27)18-11-4-5-12-19(18)23(25)28)24-20-13-7-6-10-17(20)16-8-2-1-3-9-16/h1-3,6-10,13,18-19H,4-5,11-12,14-15H2,(H,24,26)/t18-,19+. The molecular formula is C23H24N2O3. The molecule has 0 spiro atoms. The number of anilines is 1. The number of benzene rings is 2. The van der Waals surface area contributed by atoms with E-state index in [1.807, 2.05) is 54.6 Å². The minimum Gasteiger partial charge on any atom is -0.325 e. The zero-order valence-electron chi connectivity index (χ0n) is 15.8. The number of imide groups is 1. The minimum atomic E-state index is -0.196. The Morgan fingerprint density at radius 2 is 1.50 bits per heavy atom. The molecule has 0 aromatic heterocycles. The molecule has 2 aromatic carbocycles. The Balaban J connectivity index is 1.41. The van der Waals surface area contributed by atoms with Crippen LogP contribution in [0.25, 0.3) is 11.1 Å². The topological polar surface area (TPSA) is 66.5 Å². The normalized spacial score (nSPS) is 21.5. The number of carbonyl (C=O) groups is 3. The van der Waals surface area contributed by atoms with Gasteiger partial charge in [0, 0.05) is 24.2 Å². The highest BCUT2D eigenvalue weighted by atomic mass is 16.2. The summed E-state index contributed by atoms with van der Waals surface area (Å²) in [5, 5.41) is 2.94. The van der Waals surface area contributed by atoms with Crippen molar-refractivity contribution in [3.8, 4) is 11.1 Å². The molecule has 2 fully saturated rings. The molecular weight excluding hydrogens is 352 g/mol. The van der Waals surface area contributed by atoms with Crippen molar-refractivity contribution < 1.29 is 14.4 Å². The van der Waals surface area contributed by atoms with E-state index in [4.69, 9.17) is 0 Å². The molecule has 1 saturated carbocycles. The van der Waals surface area contributed by atoms with Crippen molar-refractivity contribution in [2.24, 2.45) is 11.8 Å². The second kappa shape index (κ2) is 7.97. The highest BCUT2D eigenvalue weighted by Gasteiger charge is 2.47. The van der Waals surface area contributed by atoms with E-state index in [2.05, 4.69) is 5.32 Å². The Bertz CT molecular complexity index is 870. The van der Waals surface area contributed by atoms with Gasteiger partial charge in [0.15, 0.2) is 0 Å². The first-order valence-corrected chi connectivity index (χ1v) is 9.94. The molecule has 5 heteroatoms. The second-order valence-electron chi connectivity index (χ2n) is 7.54. The number of nitrogens with zero attached hydrogens (tertiary/aromatic N) is 1. The van der Waals surface area contributed by atoms with Gasteiger partial charge in [-0.2, -0.15) is 0 Å². The molecule has 144 valence electrons. The lowest BCUT2D eigenvalue weighted by Gasteiger charge is -2.19. The zero-order valence-corrected chi connectivity index (χ0v) is 15.8. The molecule has 28 heavy (non-hydrogen) atoms. The molecule has 4 rings (SSSR count). The predicted octanol–water partition coefficient (Wildman–Crippen LogP) is 3.86. The average molecular weight is 376 g/mol. The molecule has 2 aliphatic rings. The summed E-state index contributed by atoms with van der Waals surface area (Å²) in [5.41, 5.74) is 2.69. The highest BCUT2D eigenvalue weighted by Crippen LogP contribution is 2.38. The number of fused-ring (bicyclic) bond motifs is 1. The summed E-state index contributed by atoms with van der Waals surface area (Å²) in [6.45, 7) is 0.157. The first kappa shape index (κ1) is 18.4. The maximum absolute atomic E-state index is 12.5. The Hall–Kier alpha value is -2.95. The summed E-state index contributed by atoms with van der Waals surface area (Å²) in [6, 6.07) is 17.5. The van der Waals surface area contributed by atoms with E-state index in [0.717, 1.165) is 42.5 Å². The maximum Gasteiger partial charge on any atom is 0.233 e. The van der Waals surface area contributed by atoms with Crippen LogP contribution in [-0.2, 0) is 14.4 Å². The smallest absolute Gasteiger partial charge is 0.233 e. The van der Waals surface area contributed by atoms with E-state index in [9.17, 15) is 14.4 Å². The lowest BCUT2D eigenvalue weighted by Crippen LogP contribution is -2.34. The Kier molecular flexibility index (Phi) is 5.24. The SMILES string of the molecule is O=C(CCN1C(=O)[C@H]2CCCC[C@H]2C1=O)Nc1ccccc1-c1ccccc1. The van der Waals surface area contributed by atoms with Gasteiger partial charge in [0.2, 0.25) is 17.7 Å². The van der Waals surface area contributed by atoms with E-state index in [1.165, 1.54) is 4.90 Å². The fourth-order valence-electron chi connectivity index (χ4n) is 4.34. The Morgan fingerprint density at radius 3 is 2.18 bits per heavy atom. The van der Waals surface area contributed by atoms with Crippen molar-refractivity contribution in [2.45, 2.75) is 32.1 Å². The monoisotopic (exact) mass is 376 g/mol. The number of para-hydroxylation sites is 1. The maximum atomic E-state index is 12.5. The molecule has 3 amide bonds. The largest absolute Gasteiger partial charge is 0.325 e. The Labute approximate surface area is 164 Å². The molecule has 2 atom stereocenters. The minimum absolute atomic E-state index is 0.0906. The number of nitrogens with one attached hydrogen (secondary N) is 1. The van der Waals surface area contributed by atoms with E-state index in [0.29, 0.717) is 0 Å². The van der Waals surface area contributed by atoms with Crippen molar-refractivity contribution >= 4 is 23.4 Å².